The van der Waals surface area contributed by atoms with Crippen molar-refractivity contribution in [3.05, 3.63) is 0 Å². The summed E-state index contributed by atoms with van der Waals surface area (Å²) in [6.45, 7) is 7.91. The molecule has 1 fully saturated rings. The standard InChI is InChI=1S/C12H23NO2/c1-4-8-13(9-5-2)12(3,11(14)15)10-6-7-10/h10H,4-9H2,1-3H3,(H,14,15). The molecule has 0 saturated heterocycles. The van der Waals surface area contributed by atoms with Crippen LogP contribution in [0.4, 0.5) is 0 Å². The van der Waals surface area contributed by atoms with Gasteiger partial charge in [0.05, 0.1) is 0 Å². The average Bonchev–Trinajstić information content (AvgIpc) is 2.99. The summed E-state index contributed by atoms with van der Waals surface area (Å²) >= 11 is 0. The van der Waals surface area contributed by atoms with Crippen LogP contribution in [0.5, 0.6) is 0 Å². The molecule has 1 saturated carbocycles. The summed E-state index contributed by atoms with van der Waals surface area (Å²) in [5.41, 5.74) is -0.619. The summed E-state index contributed by atoms with van der Waals surface area (Å²) in [4.78, 5) is 13.6. The molecule has 0 radical (unpaired) electrons. The molecule has 1 atom stereocenters. The van der Waals surface area contributed by atoms with Gasteiger partial charge in [0.15, 0.2) is 0 Å². The molecule has 3 heteroatoms. The maximum Gasteiger partial charge on any atom is 0.324 e. The van der Waals surface area contributed by atoms with Gasteiger partial charge >= 0.3 is 5.97 Å². The van der Waals surface area contributed by atoms with Crippen LogP contribution in [0.2, 0.25) is 0 Å². The summed E-state index contributed by atoms with van der Waals surface area (Å²) in [6, 6.07) is 0. The van der Waals surface area contributed by atoms with Crippen molar-refractivity contribution in [1.82, 2.24) is 4.90 Å². The van der Waals surface area contributed by atoms with Gasteiger partial charge in [-0.3, -0.25) is 9.69 Å². The summed E-state index contributed by atoms with van der Waals surface area (Å²) in [5.74, 6) is -0.278. The van der Waals surface area contributed by atoms with Gasteiger partial charge in [-0.2, -0.15) is 0 Å². The first-order valence-corrected chi connectivity index (χ1v) is 6.05. The molecular weight excluding hydrogens is 190 g/mol. The molecule has 0 spiro atoms. The molecule has 0 bridgehead atoms. The third-order valence-corrected chi connectivity index (χ3v) is 3.45. The number of rotatable bonds is 7. The first-order chi connectivity index (χ1) is 7.07. The fourth-order valence-electron chi connectivity index (χ4n) is 2.33. The van der Waals surface area contributed by atoms with Gasteiger partial charge in [-0.1, -0.05) is 13.8 Å². The maximum absolute atomic E-state index is 11.5. The minimum Gasteiger partial charge on any atom is -0.480 e. The van der Waals surface area contributed by atoms with E-state index in [0.717, 1.165) is 38.8 Å². The van der Waals surface area contributed by atoms with Crippen LogP contribution in [0.15, 0.2) is 0 Å². The minimum atomic E-state index is -0.646. The Hall–Kier alpha value is -0.570. The highest BCUT2D eigenvalue weighted by Gasteiger charge is 2.50. The van der Waals surface area contributed by atoms with Crippen LogP contribution in [0, 0.1) is 5.92 Å². The molecule has 0 aromatic heterocycles. The van der Waals surface area contributed by atoms with E-state index in [0.29, 0.717) is 5.92 Å². The molecule has 3 nitrogen and oxygen atoms in total. The lowest BCUT2D eigenvalue weighted by Crippen LogP contribution is -2.54. The van der Waals surface area contributed by atoms with Crippen LogP contribution in [-0.4, -0.2) is 34.6 Å². The quantitative estimate of drug-likeness (QED) is 0.705. The van der Waals surface area contributed by atoms with Crippen molar-refractivity contribution in [2.24, 2.45) is 5.92 Å². The zero-order chi connectivity index (χ0) is 11.5. The van der Waals surface area contributed by atoms with Gasteiger partial charge in [0.25, 0.3) is 0 Å². The molecule has 1 unspecified atom stereocenters. The molecule has 88 valence electrons. The largest absolute Gasteiger partial charge is 0.480 e. The van der Waals surface area contributed by atoms with Crippen molar-refractivity contribution in [2.75, 3.05) is 13.1 Å². The van der Waals surface area contributed by atoms with Crippen molar-refractivity contribution in [3.63, 3.8) is 0 Å². The van der Waals surface area contributed by atoms with E-state index in [9.17, 15) is 9.90 Å². The molecule has 1 aliphatic rings. The van der Waals surface area contributed by atoms with E-state index in [1.54, 1.807) is 0 Å². The Labute approximate surface area is 92.5 Å². The molecule has 0 aliphatic heterocycles. The van der Waals surface area contributed by atoms with E-state index in [2.05, 4.69) is 18.7 Å². The monoisotopic (exact) mass is 213 g/mol. The van der Waals surface area contributed by atoms with Crippen molar-refractivity contribution in [3.8, 4) is 0 Å². The Morgan fingerprint density at radius 3 is 2.07 bits per heavy atom. The smallest absolute Gasteiger partial charge is 0.324 e. The highest BCUT2D eigenvalue weighted by molar-refractivity contribution is 5.79. The van der Waals surface area contributed by atoms with Gasteiger partial charge in [0, 0.05) is 0 Å². The van der Waals surface area contributed by atoms with E-state index in [4.69, 9.17) is 0 Å². The zero-order valence-corrected chi connectivity index (χ0v) is 10.1. The molecule has 0 aromatic rings. The Bertz CT molecular complexity index is 220. The van der Waals surface area contributed by atoms with Crippen LogP contribution in [0.25, 0.3) is 0 Å². The van der Waals surface area contributed by atoms with Crippen molar-refractivity contribution in [1.29, 1.82) is 0 Å². The highest BCUT2D eigenvalue weighted by atomic mass is 16.4. The minimum absolute atomic E-state index is 0.369. The number of nitrogens with zero attached hydrogens (tertiary/aromatic N) is 1. The lowest BCUT2D eigenvalue weighted by Gasteiger charge is -2.38. The van der Waals surface area contributed by atoms with Crippen LogP contribution in [0.1, 0.15) is 46.5 Å². The van der Waals surface area contributed by atoms with Crippen LogP contribution >= 0.6 is 0 Å². The number of carboxylic acids is 1. The summed E-state index contributed by atoms with van der Waals surface area (Å²) < 4.78 is 0. The van der Waals surface area contributed by atoms with Crippen LogP contribution < -0.4 is 0 Å². The lowest BCUT2D eigenvalue weighted by molar-refractivity contribution is -0.152. The predicted octanol–water partition coefficient (Wildman–Crippen LogP) is 2.36. The Kier molecular flexibility index (Phi) is 4.14. The Balaban J connectivity index is 2.78. The number of hydrogen-bond donors (Lipinski definition) is 1. The Morgan fingerprint density at radius 1 is 1.33 bits per heavy atom. The third-order valence-electron chi connectivity index (χ3n) is 3.45. The second kappa shape index (κ2) is 4.97. The fraction of sp³-hybridized carbons (Fsp3) is 0.917. The summed E-state index contributed by atoms with van der Waals surface area (Å²) in [7, 11) is 0. The van der Waals surface area contributed by atoms with E-state index in [1.807, 2.05) is 6.92 Å². The molecule has 0 amide bonds. The topological polar surface area (TPSA) is 40.5 Å². The molecule has 0 heterocycles. The Morgan fingerprint density at radius 2 is 1.80 bits per heavy atom. The molecular formula is C12H23NO2. The first-order valence-electron chi connectivity index (χ1n) is 6.05. The number of carbonyl (C=O) groups is 1. The van der Waals surface area contributed by atoms with Gasteiger partial charge < -0.3 is 5.11 Å². The molecule has 0 aromatic carbocycles. The first kappa shape index (κ1) is 12.5. The van der Waals surface area contributed by atoms with Gasteiger partial charge in [-0.25, -0.2) is 0 Å². The normalized spacial score (nSPS) is 20.3. The van der Waals surface area contributed by atoms with Gasteiger partial charge in [-0.15, -0.1) is 0 Å². The summed E-state index contributed by atoms with van der Waals surface area (Å²) in [5, 5.41) is 9.42. The molecule has 1 rings (SSSR count). The SMILES string of the molecule is CCCN(CCC)C(C)(C(=O)O)C1CC1. The van der Waals surface area contributed by atoms with Gasteiger partial charge in [-0.05, 0) is 51.6 Å². The fourth-order valence-corrected chi connectivity index (χ4v) is 2.33. The van der Waals surface area contributed by atoms with E-state index in [-0.39, 0.29) is 0 Å². The molecule has 1 aliphatic carbocycles. The van der Waals surface area contributed by atoms with Gasteiger partial charge in [0.1, 0.15) is 5.54 Å². The van der Waals surface area contributed by atoms with E-state index in [1.165, 1.54) is 0 Å². The molecule has 15 heavy (non-hydrogen) atoms. The zero-order valence-electron chi connectivity index (χ0n) is 10.1. The van der Waals surface area contributed by atoms with Crippen LogP contribution in [0.3, 0.4) is 0 Å². The molecule has 1 N–H and O–H groups in total. The van der Waals surface area contributed by atoms with E-state index >= 15 is 0 Å². The number of carboxylic acid groups (broad SMARTS) is 1. The maximum atomic E-state index is 11.5. The average molecular weight is 213 g/mol. The second-order valence-electron chi connectivity index (χ2n) is 4.71. The predicted molar refractivity (Wildman–Crippen MR) is 60.9 cm³/mol. The number of hydrogen-bond acceptors (Lipinski definition) is 2. The second-order valence-corrected chi connectivity index (χ2v) is 4.71. The third kappa shape index (κ3) is 2.51. The van der Waals surface area contributed by atoms with Gasteiger partial charge in [0.2, 0.25) is 0 Å². The van der Waals surface area contributed by atoms with Crippen molar-refractivity contribution < 1.29 is 9.90 Å². The lowest BCUT2D eigenvalue weighted by atomic mass is 9.93. The van der Waals surface area contributed by atoms with E-state index < -0.39 is 11.5 Å². The van der Waals surface area contributed by atoms with Crippen molar-refractivity contribution >= 4 is 5.97 Å². The summed E-state index contributed by atoms with van der Waals surface area (Å²) in [6.07, 6.45) is 4.20. The van der Waals surface area contributed by atoms with Crippen molar-refractivity contribution in [2.45, 2.75) is 52.0 Å². The highest BCUT2D eigenvalue weighted by Crippen LogP contribution is 2.43. The van der Waals surface area contributed by atoms with Crippen LogP contribution in [-0.2, 0) is 4.79 Å². The number of aliphatic carboxylic acids is 1.